The van der Waals surface area contributed by atoms with E-state index < -0.39 is 6.09 Å². The predicted octanol–water partition coefficient (Wildman–Crippen LogP) is 5.99. The van der Waals surface area contributed by atoms with Gasteiger partial charge in [0.25, 0.3) is 0 Å². The van der Waals surface area contributed by atoms with Gasteiger partial charge in [-0.1, -0.05) is 44.2 Å². The molecule has 5 rings (SSSR count). The first-order valence-corrected chi connectivity index (χ1v) is 12.9. The Kier molecular flexibility index (Phi) is 6.27. The Labute approximate surface area is 212 Å². The van der Waals surface area contributed by atoms with Gasteiger partial charge in [0.2, 0.25) is 0 Å². The standard InChI is InChI=1S/C29H35N3O4/c1-18-10-12-21-23(31(18)28(34)35)14-15-24-26(21)30-25(16-19-8-6-5-7-9-19)32(24)20-11-13-22(27(33)36-4)29(2,3)17-20/h5-9,14-15,18,20,22H,10-13,16-17H2,1-4H3,(H,34,35)/t18-,20-,22-/m0/s1. The molecule has 2 aliphatic rings. The second-order valence-corrected chi connectivity index (χ2v) is 11.0. The fourth-order valence-corrected chi connectivity index (χ4v) is 6.45. The van der Waals surface area contributed by atoms with Crippen LogP contribution >= 0.6 is 0 Å². The summed E-state index contributed by atoms with van der Waals surface area (Å²) < 4.78 is 7.49. The molecule has 1 aromatic heterocycles. The number of esters is 1. The first-order chi connectivity index (χ1) is 17.2. The van der Waals surface area contributed by atoms with Gasteiger partial charge >= 0.3 is 12.1 Å². The van der Waals surface area contributed by atoms with Crippen molar-refractivity contribution in [2.24, 2.45) is 11.3 Å². The van der Waals surface area contributed by atoms with Gasteiger partial charge < -0.3 is 14.4 Å². The summed E-state index contributed by atoms with van der Waals surface area (Å²) in [5.74, 6) is 0.738. The number of benzene rings is 2. The van der Waals surface area contributed by atoms with E-state index in [1.54, 1.807) is 0 Å². The number of anilines is 1. The van der Waals surface area contributed by atoms with Gasteiger partial charge in [0.1, 0.15) is 5.82 Å². The zero-order valence-corrected chi connectivity index (χ0v) is 21.5. The van der Waals surface area contributed by atoms with Crippen molar-refractivity contribution in [2.45, 2.75) is 71.4 Å². The number of ether oxygens (including phenoxy) is 1. The van der Waals surface area contributed by atoms with Crippen molar-refractivity contribution >= 4 is 28.8 Å². The Morgan fingerprint density at radius 3 is 2.53 bits per heavy atom. The van der Waals surface area contributed by atoms with Gasteiger partial charge in [-0.2, -0.15) is 0 Å². The zero-order valence-electron chi connectivity index (χ0n) is 21.5. The second kappa shape index (κ2) is 9.26. The summed E-state index contributed by atoms with van der Waals surface area (Å²) in [4.78, 5) is 31.2. The minimum Gasteiger partial charge on any atom is -0.469 e. The molecule has 0 spiro atoms. The number of carbonyl (C=O) groups is 2. The van der Waals surface area contributed by atoms with Crippen LogP contribution in [0.15, 0.2) is 42.5 Å². The molecule has 0 saturated heterocycles. The molecule has 36 heavy (non-hydrogen) atoms. The second-order valence-electron chi connectivity index (χ2n) is 11.0. The Morgan fingerprint density at radius 1 is 1.11 bits per heavy atom. The zero-order chi connectivity index (χ0) is 25.6. The number of amides is 1. The molecule has 1 N–H and O–H groups in total. The molecular weight excluding hydrogens is 454 g/mol. The largest absolute Gasteiger partial charge is 0.469 e. The lowest BCUT2D eigenvalue weighted by molar-refractivity contribution is -0.152. The molecule has 0 radical (unpaired) electrons. The van der Waals surface area contributed by atoms with E-state index >= 15 is 0 Å². The van der Waals surface area contributed by atoms with Gasteiger partial charge in [-0.15, -0.1) is 0 Å². The molecule has 1 amide bonds. The van der Waals surface area contributed by atoms with Gasteiger partial charge in [-0.3, -0.25) is 9.69 Å². The average Bonchev–Trinajstić information content (AvgIpc) is 3.21. The summed E-state index contributed by atoms with van der Waals surface area (Å²) in [5.41, 5.74) is 4.70. The highest BCUT2D eigenvalue weighted by molar-refractivity contribution is 5.94. The Balaban J connectivity index is 1.63. The highest BCUT2D eigenvalue weighted by Crippen LogP contribution is 2.47. The van der Waals surface area contributed by atoms with E-state index in [-0.39, 0.29) is 29.4 Å². The van der Waals surface area contributed by atoms with Crippen LogP contribution in [0.25, 0.3) is 11.0 Å². The third-order valence-electron chi connectivity index (χ3n) is 8.28. The normalized spacial score (nSPS) is 23.3. The molecule has 3 atom stereocenters. The first-order valence-electron chi connectivity index (χ1n) is 12.9. The number of aryl methyl sites for hydroxylation is 1. The average molecular weight is 490 g/mol. The van der Waals surface area contributed by atoms with E-state index in [0.29, 0.717) is 6.42 Å². The summed E-state index contributed by atoms with van der Waals surface area (Å²) in [6, 6.07) is 14.5. The van der Waals surface area contributed by atoms with Crippen LogP contribution in [0.1, 0.15) is 69.4 Å². The molecule has 1 fully saturated rings. The Hall–Kier alpha value is -3.35. The molecule has 2 aromatic carbocycles. The molecule has 2 heterocycles. The molecule has 0 bridgehead atoms. The monoisotopic (exact) mass is 489 g/mol. The van der Waals surface area contributed by atoms with Crippen LogP contribution in [-0.4, -0.2) is 39.9 Å². The summed E-state index contributed by atoms with van der Waals surface area (Å²) in [6.07, 6.45) is 3.83. The number of carbonyl (C=O) groups excluding carboxylic acids is 1. The Morgan fingerprint density at radius 2 is 1.86 bits per heavy atom. The molecule has 1 aliphatic heterocycles. The molecule has 1 aliphatic carbocycles. The first kappa shape index (κ1) is 24.3. The quantitative estimate of drug-likeness (QED) is 0.455. The maximum atomic E-state index is 12.5. The van der Waals surface area contributed by atoms with Crippen molar-refractivity contribution < 1.29 is 19.4 Å². The summed E-state index contributed by atoms with van der Waals surface area (Å²) in [5, 5.41) is 9.90. The fourth-order valence-electron chi connectivity index (χ4n) is 6.45. The minimum atomic E-state index is -0.922. The van der Waals surface area contributed by atoms with Crippen LogP contribution < -0.4 is 4.90 Å². The SMILES string of the molecule is COC(=O)[C@@H]1CC[C@H](n2c(Cc3ccccc3)nc3c4c(ccc32)N(C(=O)O)[C@@H](C)CC4)CC1(C)C. The predicted molar refractivity (Wildman–Crippen MR) is 139 cm³/mol. The molecule has 190 valence electrons. The molecule has 3 aromatic rings. The van der Waals surface area contributed by atoms with Gasteiger partial charge in [0.15, 0.2) is 0 Å². The maximum absolute atomic E-state index is 12.5. The molecule has 0 unspecified atom stereocenters. The highest BCUT2D eigenvalue weighted by atomic mass is 16.5. The van der Waals surface area contributed by atoms with Crippen LogP contribution in [0.5, 0.6) is 0 Å². The minimum absolute atomic E-state index is 0.0623. The van der Waals surface area contributed by atoms with Crippen LogP contribution in [0.3, 0.4) is 0 Å². The van der Waals surface area contributed by atoms with E-state index in [1.807, 2.05) is 37.3 Å². The van der Waals surface area contributed by atoms with E-state index in [1.165, 1.54) is 17.6 Å². The number of nitrogens with zero attached hydrogens (tertiary/aromatic N) is 3. The maximum Gasteiger partial charge on any atom is 0.412 e. The summed E-state index contributed by atoms with van der Waals surface area (Å²) >= 11 is 0. The smallest absolute Gasteiger partial charge is 0.412 e. The molecule has 7 nitrogen and oxygen atoms in total. The summed E-state index contributed by atoms with van der Waals surface area (Å²) in [7, 11) is 1.47. The van der Waals surface area contributed by atoms with Crippen LogP contribution in [0.4, 0.5) is 10.5 Å². The number of hydrogen-bond acceptors (Lipinski definition) is 4. The van der Waals surface area contributed by atoms with Gasteiger partial charge in [-0.25, -0.2) is 9.78 Å². The number of carboxylic acid groups (broad SMARTS) is 1. The van der Waals surface area contributed by atoms with Gasteiger partial charge in [0, 0.05) is 24.1 Å². The number of aromatic nitrogens is 2. The van der Waals surface area contributed by atoms with Crippen molar-refractivity contribution in [3.8, 4) is 0 Å². The highest BCUT2D eigenvalue weighted by Gasteiger charge is 2.43. The lowest BCUT2D eigenvalue weighted by Crippen LogP contribution is -2.41. The molecular formula is C29H35N3O4. The molecule has 1 saturated carbocycles. The van der Waals surface area contributed by atoms with Crippen LogP contribution in [-0.2, 0) is 22.4 Å². The number of imidazole rings is 1. The fraction of sp³-hybridized carbons (Fsp3) is 0.483. The lowest BCUT2D eigenvalue weighted by atomic mass is 9.67. The number of rotatable bonds is 4. The van der Waals surface area contributed by atoms with Crippen LogP contribution in [0.2, 0.25) is 0 Å². The van der Waals surface area contributed by atoms with E-state index in [2.05, 4.69) is 30.5 Å². The van der Waals surface area contributed by atoms with E-state index in [9.17, 15) is 14.7 Å². The van der Waals surface area contributed by atoms with Crippen molar-refractivity contribution in [3.05, 3.63) is 59.4 Å². The molecule has 7 heteroatoms. The van der Waals surface area contributed by atoms with Crippen molar-refractivity contribution in [2.75, 3.05) is 12.0 Å². The topological polar surface area (TPSA) is 84.7 Å². The van der Waals surface area contributed by atoms with E-state index in [0.717, 1.165) is 60.2 Å². The van der Waals surface area contributed by atoms with Crippen molar-refractivity contribution in [1.82, 2.24) is 9.55 Å². The third-order valence-corrected chi connectivity index (χ3v) is 8.28. The number of fused-ring (bicyclic) bond motifs is 3. The lowest BCUT2D eigenvalue weighted by Gasteiger charge is -2.41. The van der Waals surface area contributed by atoms with Crippen LogP contribution in [0, 0.1) is 11.3 Å². The number of hydrogen-bond donors (Lipinski definition) is 1. The van der Waals surface area contributed by atoms with Crippen molar-refractivity contribution in [1.29, 1.82) is 0 Å². The van der Waals surface area contributed by atoms with E-state index in [4.69, 9.17) is 9.72 Å². The summed E-state index contributed by atoms with van der Waals surface area (Å²) in [6.45, 7) is 6.28. The number of methoxy groups -OCH3 is 1. The third kappa shape index (κ3) is 4.14. The van der Waals surface area contributed by atoms with Gasteiger partial charge in [0.05, 0.1) is 29.7 Å². The van der Waals surface area contributed by atoms with Gasteiger partial charge in [-0.05, 0) is 62.1 Å². The van der Waals surface area contributed by atoms with Crippen molar-refractivity contribution in [3.63, 3.8) is 0 Å². The Bertz CT molecular complexity index is 1300.